The number of unbranched alkanes of at least 4 members (excludes halogenated alkanes) is 1. The first-order valence-electron chi connectivity index (χ1n) is 8.89. The molecule has 1 aliphatic carbocycles. The van der Waals surface area contributed by atoms with Crippen molar-refractivity contribution < 1.29 is 19.8 Å². The lowest BCUT2D eigenvalue weighted by Gasteiger charge is -2.29. The zero-order valence-corrected chi connectivity index (χ0v) is 16.4. The number of amides is 1. The normalized spacial score (nSPS) is 22.7. The molecule has 1 amide bonds. The maximum absolute atomic E-state index is 12.4. The van der Waals surface area contributed by atoms with Gasteiger partial charge in [0.2, 0.25) is 5.91 Å². The predicted molar refractivity (Wildman–Crippen MR) is 103 cm³/mol. The van der Waals surface area contributed by atoms with Gasteiger partial charge in [-0.25, -0.2) is 0 Å². The molecular formula is C18H30INO4. The highest BCUT2D eigenvalue weighted by Crippen LogP contribution is 2.30. The smallest absolute Gasteiger partial charge is 0.223 e. The highest BCUT2D eigenvalue weighted by atomic mass is 127. The Labute approximate surface area is 158 Å². The topological polar surface area (TPSA) is 86.6 Å². The Morgan fingerprint density at radius 3 is 2.67 bits per heavy atom. The van der Waals surface area contributed by atoms with Crippen LogP contribution in [0, 0.1) is 11.8 Å². The minimum Gasteiger partial charge on any atom is -0.366 e. The molecule has 0 aromatic carbocycles. The molecule has 0 aromatic heterocycles. The number of carbonyl (C=O) groups excluding carboxylic acids is 2. The molecule has 1 rings (SSSR count). The molecule has 138 valence electrons. The Morgan fingerprint density at radius 2 is 2.00 bits per heavy atom. The fourth-order valence-corrected chi connectivity index (χ4v) is 3.62. The van der Waals surface area contributed by atoms with Gasteiger partial charge in [-0.3, -0.25) is 4.79 Å². The minimum absolute atomic E-state index is 0.113. The number of alkyl halides is 1. The van der Waals surface area contributed by atoms with Gasteiger partial charge in [-0.2, -0.15) is 0 Å². The van der Waals surface area contributed by atoms with Gasteiger partial charge >= 0.3 is 0 Å². The SMILES string of the molecule is O=CCC1CCC[C@@H](C(=O)N[C@H](CC/C=C\CCCI)C(O)O)C1. The zero-order valence-electron chi connectivity index (χ0n) is 14.2. The van der Waals surface area contributed by atoms with E-state index < -0.39 is 12.3 Å². The van der Waals surface area contributed by atoms with Gasteiger partial charge in [0, 0.05) is 12.3 Å². The molecule has 1 aliphatic rings. The van der Waals surface area contributed by atoms with Gasteiger partial charge < -0.3 is 20.3 Å². The molecule has 0 radical (unpaired) electrons. The van der Waals surface area contributed by atoms with Gasteiger partial charge in [-0.05, 0) is 55.3 Å². The van der Waals surface area contributed by atoms with Crippen molar-refractivity contribution in [3.8, 4) is 0 Å². The summed E-state index contributed by atoms with van der Waals surface area (Å²) in [6, 6.07) is -0.641. The highest BCUT2D eigenvalue weighted by molar-refractivity contribution is 14.1. The van der Waals surface area contributed by atoms with Gasteiger partial charge in [0.25, 0.3) is 0 Å². The van der Waals surface area contributed by atoms with E-state index in [0.717, 1.165) is 49.2 Å². The summed E-state index contributed by atoms with van der Waals surface area (Å²) < 4.78 is 1.13. The molecule has 1 fully saturated rings. The summed E-state index contributed by atoms with van der Waals surface area (Å²) in [7, 11) is 0. The van der Waals surface area contributed by atoms with E-state index in [1.54, 1.807) is 0 Å². The summed E-state index contributed by atoms with van der Waals surface area (Å²) in [5, 5.41) is 21.8. The molecule has 0 bridgehead atoms. The first-order chi connectivity index (χ1) is 11.6. The van der Waals surface area contributed by atoms with Crippen LogP contribution in [0.25, 0.3) is 0 Å². The second-order valence-corrected chi connectivity index (χ2v) is 7.62. The lowest BCUT2D eigenvalue weighted by atomic mass is 9.79. The standard InChI is InChI=1S/C18H30INO4/c19-11-5-3-1-2-4-9-16(18(23)24)20-17(22)15-8-6-7-14(13-15)10-12-21/h1-2,12,14-16,18,23-24H,3-11,13H2,(H,20,22)/b2-1-/t14?,15-,16-/m1/s1. The van der Waals surface area contributed by atoms with Crippen molar-refractivity contribution in [2.24, 2.45) is 11.8 Å². The second kappa shape index (κ2) is 12.8. The fourth-order valence-electron chi connectivity index (χ4n) is 3.18. The van der Waals surface area contributed by atoms with Crippen molar-refractivity contribution in [2.75, 3.05) is 4.43 Å². The molecule has 3 atom stereocenters. The van der Waals surface area contributed by atoms with Crippen molar-refractivity contribution in [1.82, 2.24) is 5.32 Å². The number of aldehydes is 1. The molecule has 0 aliphatic heterocycles. The molecule has 0 aromatic rings. The van der Waals surface area contributed by atoms with Crippen LogP contribution in [-0.2, 0) is 9.59 Å². The summed E-state index contributed by atoms with van der Waals surface area (Å²) in [5.41, 5.74) is 0. The summed E-state index contributed by atoms with van der Waals surface area (Å²) in [4.78, 5) is 23.1. The molecule has 1 saturated carbocycles. The van der Waals surface area contributed by atoms with E-state index in [1.165, 1.54) is 0 Å². The quantitative estimate of drug-likeness (QED) is 0.113. The summed E-state index contributed by atoms with van der Waals surface area (Å²) in [6.07, 6.45) is 10.9. The minimum atomic E-state index is -1.55. The number of hydrogen-bond acceptors (Lipinski definition) is 4. The molecule has 3 N–H and O–H groups in total. The Kier molecular flexibility index (Phi) is 11.5. The van der Waals surface area contributed by atoms with E-state index in [2.05, 4.69) is 34.0 Å². The number of aliphatic hydroxyl groups excluding tert-OH is 1. The van der Waals surface area contributed by atoms with Crippen molar-refractivity contribution in [3.63, 3.8) is 0 Å². The number of aliphatic hydroxyl groups is 2. The second-order valence-electron chi connectivity index (χ2n) is 6.54. The summed E-state index contributed by atoms with van der Waals surface area (Å²) in [5.74, 6) is 0.0482. The maximum Gasteiger partial charge on any atom is 0.223 e. The van der Waals surface area contributed by atoms with E-state index in [9.17, 15) is 19.8 Å². The van der Waals surface area contributed by atoms with E-state index in [4.69, 9.17) is 0 Å². The number of nitrogens with one attached hydrogen (secondary N) is 1. The Morgan fingerprint density at radius 1 is 1.25 bits per heavy atom. The van der Waals surface area contributed by atoms with Gasteiger partial charge in [0.05, 0.1) is 6.04 Å². The van der Waals surface area contributed by atoms with Crippen LogP contribution in [0.15, 0.2) is 12.2 Å². The van der Waals surface area contributed by atoms with Crippen LogP contribution in [0.3, 0.4) is 0 Å². The van der Waals surface area contributed by atoms with E-state index in [1.807, 2.05) is 6.08 Å². The largest absolute Gasteiger partial charge is 0.366 e. The summed E-state index contributed by atoms with van der Waals surface area (Å²) in [6.45, 7) is 0. The molecule has 24 heavy (non-hydrogen) atoms. The lowest BCUT2D eigenvalue weighted by molar-refractivity contribution is -0.132. The summed E-state index contributed by atoms with van der Waals surface area (Å²) >= 11 is 2.34. The number of hydrogen-bond donors (Lipinski definition) is 3. The zero-order chi connectivity index (χ0) is 17.8. The lowest BCUT2D eigenvalue weighted by Crippen LogP contribution is -2.46. The van der Waals surface area contributed by atoms with Crippen LogP contribution in [0.5, 0.6) is 0 Å². The first-order valence-corrected chi connectivity index (χ1v) is 10.4. The molecule has 0 spiro atoms. The molecule has 0 saturated heterocycles. The number of halogens is 1. The van der Waals surface area contributed by atoms with Crippen molar-refractivity contribution in [3.05, 3.63) is 12.2 Å². The average Bonchev–Trinajstić information content (AvgIpc) is 2.57. The van der Waals surface area contributed by atoms with Crippen LogP contribution in [0.4, 0.5) is 0 Å². The van der Waals surface area contributed by atoms with Gasteiger partial charge in [-0.15, -0.1) is 0 Å². The molecule has 1 unspecified atom stereocenters. The van der Waals surface area contributed by atoms with Crippen molar-refractivity contribution in [1.29, 1.82) is 0 Å². The van der Waals surface area contributed by atoms with Gasteiger partial charge in [-0.1, -0.05) is 41.2 Å². The predicted octanol–water partition coefficient (Wildman–Crippen LogP) is 2.73. The Hall–Kier alpha value is -0.470. The van der Waals surface area contributed by atoms with Crippen LogP contribution in [0.1, 0.15) is 57.8 Å². The van der Waals surface area contributed by atoms with Crippen LogP contribution in [-0.4, -0.2) is 39.2 Å². The monoisotopic (exact) mass is 451 g/mol. The van der Waals surface area contributed by atoms with Gasteiger partial charge in [0.15, 0.2) is 6.29 Å². The third kappa shape index (κ3) is 8.58. The first kappa shape index (κ1) is 21.6. The number of carbonyl (C=O) groups is 2. The van der Waals surface area contributed by atoms with E-state index in [0.29, 0.717) is 19.3 Å². The highest BCUT2D eigenvalue weighted by Gasteiger charge is 2.29. The van der Waals surface area contributed by atoms with Crippen LogP contribution in [0.2, 0.25) is 0 Å². The molecule has 5 nitrogen and oxygen atoms in total. The molecule has 6 heteroatoms. The molecular weight excluding hydrogens is 421 g/mol. The number of allylic oxidation sites excluding steroid dienone is 2. The fraction of sp³-hybridized carbons (Fsp3) is 0.778. The van der Waals surface area contributed by atoms with Crippen molar-refractivity contribution >= 4 is 34.8 Å². The third-order valence-electron chi connectivity index (χ3n) is 4.59. The number of rotatable bonds is 11. The Bertz CT molecular complexity index is 400. The van der Waals surface area contributed by atoms with E-state index in [-0.39, 0.29) is 17.7 Å². The third-order valence-corrected chi connectivity index (χ3v) is 5.35. The van der Waals surface area contributed by atoms with Crippen LogP contribution < -0.4 is 5.32 Å². The van der Waals surface area contributed by atoms with Gasteiger partial charge in [0.1, 0.15) is 6.29 Å². The van der Waals surface area contributed by atoms with Crippen LogP contribution >= 0.6 is 22.6 Å². The average molecular weight is 451 g/mol. The Balaban J connectivity index is 2.41. The van der Waals surface area contributed by atoms with E-state index >= 15 is 0 Å². The maximum atomic E-state index is 12.4. The van der Waals surface area contributed by atoms with Crippen molar-refractivity contribution in [2.45, 2.75) is 70.1 Å². The molecule has 0 heterocycles.